The monoisotopic (exact) mass is 388 g/mol. The lowest BCUT2D eigenvalue weighted by molar-refractivity contribution is 0.0934. The smallest absolute Gasteiger partial charge is 0.255 e. The van der Waals surface area contributed by atoms with Gasteiger partial charge in [0.15, 0.2) is 0 Å². The molecule has 1 N–H and O–H groups in total. The van der Waals surface area contributed by atoms with Crippen molar-refractivity contribution >= 4 is 16.8 Å². The number of nitrogens with one attached hydrogen (secondary N) is 1. The van der Waals surface area contributed by atoms with Crippen LogP contribution in [0.3, 0.4) is 0 Å². The van der Waals surface area contributed by atoms with Crippen molar-refractivity contribution in [3.63, 3.8) is 0 Å². The van der Waals surface area contributed by atoms with Gasteiger partial charge in [-0.2, -0.15) is 0 Å². The van der Waals surface area contributed by atoms with E-state index in [9.17, 15) is 4.79 Å². The Hall–Kier alpha value is -2.79. The zero-order valence-corrected chi connectivity index (χ0v) is 17.0. The second-order valence-electron chi connectivity index (χ2n) is 7.85. The first-order valence-electron chi connectivity index (χ1n) is 10.5. The van der Waals surface area contributed by atoms with Crippen LogP contribution >= 0.6 is 0 Å². The van der Waals surface area contributed by atoms with Crippen molar-refractivity contribution in [1.82, 2.24) is 20.2 Å². The molecule has 0 spiro atoms. The van der Waals surface area contributed by atoms with Crippen molar-refractivity contribution < 1.29 is 4.79 Å². The van der Waals surface area contributed by atoms with E-state index in [-0.39, 0.29) is 11.9 Å². The summed E-state index contributed by atoms with van der Waals surface area (Å²) in [5.74, 6) is -0.117. The molecule has 1 aliphatic rings. The third-order valence-corrected chi connectivity index (χ3v) is 5.76. The third kappa shape index (κ3) is 4.62. The number of pyridine rings is 2. The van der Waals surface area contributed by atoms with Gasteiger partial charge in [-0.1, -0.05) is 42.7 Å². The first kappa shape index (κ1) is 19.5. The summed E-state index contributed by atoms with van der Waals surface area (Å²) in [7, 11) is 0. The van der Waals surface area contributed by atoms with E-state index in [1.807, 2.05) is 12.1 Å². The van der Waals surface area contributed by atoms with E-state index in [1.165, 1.54) is 36.8 Å². The molecule has 0 bridgehead atoms. The summed E-state index contributed by atoms with van der Waals surface area (Å²) in [6, 6.07) is 12.7. The molecule has 0 aliphatic carbocycles. The molecule has 5 heteroatoms. The number of hydrogen-bond donors (Lipinski definition) is 1. The van der Waals surface area contributed by atoms with E-state index in [0.29, 0.717) is 17.6 Å². The van der Waals surface area contributed by atoms with Crippen LogP contribution in [0.15, 0.2) is 55.0 Å². The number of likely N-dealkylation sites (tertiary alicyclic amines) is 1. The predicted octanol–water partition coefficient (Wildman–Crippen LogP) is 4.29. The van der Waals surface area contributed by atoms with Crippen LogP contribution in [0.2, 0.25) is 0 Å². The van der Waals surface area contributed by atoms with E-state index in [0.717, 1.165) is 18.5 Å². The highest BCUT2D eigenvalue weighted by atomic mass is 16.1. The fourth-order valence-corrected chi connectivity index (χ4v) is 4.10. The van der Waals surface area contributed by atoms with Gasteiger partial charge in [0.25, 0.3) is 5.91 Å². The zero-order valence-electron chi connectivity index (χ0n) is 17.0. The maximum absolute atomic E-state index is 13.0. The van der Waals surface area contributed by atoms with Crippen molar-refractivity contribution in [3.05, 3.63) is 71.7 Å². The second-order valence-corrected chi connectivity index (χ2v) is 7.85. The van der Waals surface area contributed by atoms with Gasteiger partial charge in [0.05, 0.1) is 17.1 Å². The largest absolute Gasteiger partial charge is 0.350 e. The molecule has 3 heterocycles. The molecule has 1 amide bonds. The van der Waals surface area contributed by atoms with Gasteiger partial charge in [-0.15, -0.1) is 0 Å². The van der Waals surface area contributed by atoms with Crippen LogP contribution in [0.4, 0.5) is 0 Å². The van der Waals surface area contributed by atoms with Crippen LogP contribution in [0.1, 0.15) is 53.2 Å². The Balaban J connectivity index is 1.55. The molecule has 0 radical (unpaired) electrons. The lowest BCUT2D eigenvalue weighted by Gasteiger charge is -2.31. The number of rotatable bonds is 5. The molecule has 150 valence electrons. The summed E-state index contributed by atoms with van der Waals surface area (Å²) in [5.41, 5.74) is 3.73. The quantitative estimate of drug-likeness (QED) is 0.709. The number of hydrogen-bond acceptors (Lipinski definition) is 4. The molecule has 1 aliphatic heterocycles. The van der Waals surface area contributed by atoms with Gasteiger partial charge in [-0.05, 0) is 50.6 Å². The number of nitrogens with zero attached hydrogens (tertiary/aromatic N) is 3. The number of amides is 1. The van der Waals surface area contributed by atoms with Gasteiger partial charge in [-0.3, -0.25) is 19.7 Å². The molecule has 3 aromatic rings. The average molecular weight is 389 g/mol. The van der Waals surface area contributed by atoms with Crippen LogP contribution in [0.25, 0.3) is 10.9 Å². The third-order valence-electron chi connectivity index (χ3n) is 5.76. The van der Waals surface area contributed by atoms with E-state index in [2.05, 4.69) is 51.4 Å². The molecule has 4 rings (SSSR count). The fraction of sp³-hybridized carbons (Fsp3) is 0.375. The second kappa shape index (κ2) is 9.14. The fourth-order valence-electron chi connectivity index (χ4n) is 4.10. The molecule has 5 nitrogen and oxygen atoms in total. The predicted molar refractivity (Wildman–Crippen MR) is 116 cm³/mol. The summed E-state index contributed by atoms with van der Waals surface area (Å²) in [6.07, 6.45) is 10.1. The van der Waals surface area contributed by atoms with E-state index >= 15 is 0 Å². The Morgan fingerprint density at radius 1 is 1.07 bits per heavy atom. The van der Waals surface area contributed by atoms with Crippen LogP contribution in [-0.2, 0) is 0 Å². The van der Waals surface area contributed by atoms with E-state index in [1.54, 1.807) is 18.6 Å². The molecular weight excluding hydrogens is 360 g/mol. The number of fused-ring (bicyclic) bond motifs is 1. The van der Waals surface area contributed by atoms with Crippen LogP contribution < -0.4 is 5.32 Å². The van der Waals surface area contributed by atoms with Gasteiger partial charge < -0.3 is 5.32 Å². The Labute approximate surface area is 172 Å². The SMILES string of the molecule is Cc1ccc(C(CNC(=O)c2cncc3cccnc23)N2CCCCCC2)cc1. The van der Waals surface area contributed by atoms with Crippen LogP contribution in [0, 0.1) is 6.92 Å². The molecule has 1 atom stereocenters. The first-order chi connectivity index (χ1) is 14.2. The molecule has 0 saturated carbocycles. The number of benzene rings is 1. The molecular formula is C24H28N4O. The first-order valence-corrected chi connectivity index (χ1v) is 10.5. The van der Waals surface area contributed by atoms with Gasteiger partial charge >= 0.3 is 0 Å². The maximum Gasteiger partial charge on any atom is 0.255 e. The van der Waals surface area contributed by atoms with E-state index < -0.39 is 0 Å². The molecule has 1 unspecified atom stereocenters. The lowest BCUT2D eigenvalue weighted by atomic mass is 10.0. The standard InChI is InChI=1S/C24H28N4O/c1-18-8-10-19(11-9-18)22(28-13-4-2-3-5-14-28)17-27-24(29)21-16-25-15-20-7-6-12-26-23(20)21/h6-12,15-16,22H,2-5,13-14,17H2,1H3,(H,27,29). The van der Waals surface area contributed by atoms with Crippen molar-refractivity contribution in [2.45, 2.75) is 38.6 Å². The summed E-state index contributed by atoms with van der Waals surface area (Å²) in [5, 5.41) is 4.04. The Kier molecular flexibility index (Phi) is 6.15. The zero-order chi connectivity index (χ0) is 20.1. The lowest BCUT2D eigenvalue weighted by Crippen LogP contribution is -2.38. The van der Waals surface area contributed by atoms with Crippen LogP contribution in [-0.4, -0.2) is 40.4 Å². The minimum absolute atomic E-state index is 0.117. The minimum atomic E-state index is -0.117. The molecule has 2 aromatic heterocycles. The average Bonchev–Trinajstić information content (AvgIpc) is 3.04. The maximum atomic E-state index is 13.0. The number of carbonyl (C=O) groups is 1. The summed E-state index contributed by atoms with van der Waals surface area (Å²) >= 11 is 0. The molecule has 1 saturated heterocycles. The van der Waals surface area contributed by atoms with Gasteiger partial charge in [-0.25, -0.2) is 0 Å². The Morgan fingerprint density at radius 3 is 2.59 bits per heavy atom. The Bertz CT molecular complexity index is 957. The van der Waals surface area contributed by atoms with E-state index in [4.69, 9.17) is 0 Å². The number of carbonyl (C=O) groups excluding carboxylic acids is 1. The topological polar surface area (TPSA) is 58.1 Å². The van der Waals surface area contributed by atoms with Gasteiger partial charge in [0, 0.05) is 30.5 Å². The summed E-state index contributed by atoms with van der Waals surface area (Å²) in [6.45, 7) is 4.83. The minimum Gasteiger partial charge on any atom is -0.350 e. The summed E-state index contributed by atoms with van der Waals surface area (Å²) < 4.78 is 0. The normalized spacial score (nSPS) is 16.3. The van der Waals surface area contributed by atoms with Gasteiger partial charge in [0.2, 0.25) is 0 Å². The molecule has 29 heavy (non-hydrogen) atoms. The van der Waals surface area contributed by atoms with Crippen molar-refractivity contribution in [2.75, 3.05) is 19.6 Å². The van der Waals surface area contributed by atoms with Gasteiger partial charge in [0.1, 0.15) is 0 Å². The molecule has 1 fully saturated rings. The van der Waals surface area contributed by atoms with Crippen LogP contribution in [0.5, 0.6) is 0 Å². The van der Waals surface area contributed by atoms with Crippen molar-refractivity contribution in [3.8, 4) is 0 Å². The highest BCUT2D eigenvalue weighted by Gasteiger charge is 2.23. The Morgan fingerprint density at radius 2 is 1.83 bits per heavy atom. The summed E-state index contributed by atoms with van der Waals surface area (Å²) in [4.78, 5) is 24.1. The van der Waals surface area contributed by atoms with Crippen molar-refractivity contribution in [2.24, 2.45) is 0 Å². The highest BCUT2D eigenvalue weighted by Crippen LogP contribution is 2.24. The highest BCUT2D eigenvalue weighted by molar-refractivity contribution is 6.04. The van der Waals surface area contributed by atoms with Crippen molar-refractivity contribution in [1.29, 1.82) is 0 Å². The number of aryl methyl sites for hydroxylation is 1. The molecule has 1 aromatic carbocycles. The number of aromatic nitrogens is 2.